The first-order valence-electron chi connectivity index (χ1n) is 5.97. The molecule has 1 aromatic carbocycles. The number of hydrogen-bond donors (Lipinski definition) is 1. The van der Waals surface area contributed by atoms with Gasteiger partial charge >= 0.3 is 0 Å². The van der Waals surface area contributed by atoms with Gasteiger partial charge in [-0.3, -0.25) is 4.79 Å². The lowest BCUT2D eigenvalue weighted by atomic mass is 10.3. The maximum absolute atomic E-state index is 11.7. The van der Waals surface area contributed by atoms with E-state index in [1.807, 2.05) is 12.1 Å². The predicted molar refractivity (Wildman–Crippen MR) is 77.1 cm³/mol. The number of nitrogens with zero attached hydrogens (tertiary/aromatic N) is 3. The Hall–Kier alpha value is -2.41. The number of nitrogen functional groups attached to an aromatic ring is 1. The van der Waals surface area contributed by atoms with Crippen molar-refractivity contribution >= 4 is 22.0 Å². The molecule has 0 saturated carbocycles. The molecule has 6 nitrogen and oxygen atoms in total. The number of ether oxygens (including phenoxy) is 1. The van der Waals surface area contributed by atoms with Gasteiger partial charge in [-0.15, -0.1) is 0 Å². The van der Waals surface area contributed by atoms with Crippen molar-refractivity contribution in [2.75, 3.05) is 5.73 Å². The Morgan fingerprint density at radius 3 is 3.00 bits per heavy atom. The van der Waals surface area contributed by atoms with Crippen LogP contribution in [0, 0.1) is 6.92 Å². The largest absolute Gasteiger partial charge is 0.484 e. The number of benzene rings is 1. The third-order valence-electron chi connectivity index (χ3n) is 2.69. The molecular weight excluding hydrogens is 276 g/mol. The zero-order valence-electron chi connectivity index (χ0n) is 10.7. The summed E-state index contributed by atoms with van der Waals surface area (Å²) in [7, 11) is 0. The molecule has 0 aliphatic rings. The van der Waals surface area contributed by atoms with Gasteiger partial charge in [-0.1, -0.05) is 23.5 Å². The summed E-state index contributed by atoms with van der Waals surface area (Å²) in [4.78, 5) is 16.6. The van der Waals surface area contributed by atoms with Gasteiger partial charge in [-0.2, -0.15) is 9.61 Å². The molecule has 0 atom stereocenters. The average molecular weight is 288 g/mol. The number of nitrogens with two attached hydrogens (primary N) is 1. The maximum atomic E-state index is 11.7. The highest BCUT2D eigenvalue weighted by molar-refractivity contribution is 7.16. The smallest absolute Gasteiger partial charge is 0.275 e. The van der Waals surface area contributed by atoms with Crippen LogP contribution in [-0.2, 0) is 6.61 Å². The summed E-state index contributed by atoms with van der Waals surface area (Å²) in [6.07, 6.45) is 0. The van der Waals surface area contributed by atoms with E-state index in [4.69, 9.17) is 10.5 Å². The van der Waals surface area contributed by atoms with Gasteiger partial charge in [-0.25, -0.2) is 4.98 Å². The molecule has 0 aliphatic carbocycles. The first kappa shape index (κ1) is 12.6. The number of rotatable bonds is 3. The third-order valence-corrected chi connectivity index (χ3v) is 3.57. The van der Waals surface area contributed by atoms with Gasteiger partial charge in [0.15, 0.2) is 5.01 Å². The van der Waals surface area contributed by atoms with Crippen molar-refractivity contribution in [3.05, 3.63) is 51.4 Å². The average Bonchev–Trinajstić information content (AvgIpc) is 2.81. The highest BCUT2D eigenvalue weighted by Crippen LogP contribution is 2.22. The second-order valence-electron chi connectivity index (χ2n) is 4.25. The fourth-order valence-corrected chi connectivity index (χ4v) is 2.63. The van der Waals surface area contributed by atoms with E-state index < -0.39 is 0 Å². The van der Waals surface area contributed by atoms with Crippen molar-refractivity contribution in [1.82, 2.24) is 14.6 Å². The van der Waals surface area contributed by atoms with Crippen molar-refractivity contribution in [2.24, 2.45) is 0 Å². The number of hydrogen-bond acceptors (Lipinski definition) is 6. The SMILES string of the molecule is Cc1cc(=O)n2nc(COc3ccccc3N)sc2n1. The summed E-state index contributed by atoms with van der Waals surface area (Å²) in [5, 5.41) is 4.86. The van der Waals surface area contributed by atoms with Crippen LogP contribution in [-0.4, -0.2) is 14.6 Å². The lowest BCUT2D eigenvalue weighted by Crippen LogP contribution is -2.14. The van der Waals surface area contributed by atoms with Gasteiger partial charge in [0.1, 0.15) is 12.4 Å². The molecule has 3 rings (SSSR count). The molecule has 20 heavy (non-hydrogen) atoms. The Bertz CT molecular complexity index is 825. The van der Waals surface area contributed by atoms with Gasteiger partial charge in [0.05, 0.1) is 5.69 Å². The van der Waals surface area contributed by atoms with E-state index in [-0.39, 0.29) is 12.2 Å². The molecule has 0 aliphatic heterocycles. The van der Waals surface area contributed by atoms with Crippen LogP contribution in [0.5, 0.6) is 5.75 Å². The van der Waals surface area contributed by atoms with Crippen LogP contribution in [0.4, 0.5) is 5.69 Å². The maximum Gasteiger partial charge on any atom is 0.275 e. The van der Waals surface area contributed by atoms with Crippen LogP contribution < -0.4 is 16.0 Å². The van der Waals surface area contributed by atoms with Crippen molar-refractivity contribution in [3.8, 4) is 5.75 Å². The standard InChI is InChI=1S/C13H12N4O2S/c1-8-6-12(18)17-13(15-8)20-11(16-17)7-19-10-5-3-2-4-9(10)14/h2-6H,7,14H2,1H3. The van der Waals surface area contributed by atoms with E-state index in [9.17, 15) is 4.79 Å². The summed E-state index contributed by atoms with van der Waals surface area (Å²) in [6, 6.07) is 8.69. The lowest BCUT2D eigenvalue weighted by Gasteiger charge is -2.05. The molecule has 0 fully saturated rings. The highest BCUT2D eigenvalue weighted by Gasteiger charge is 2.08. The van der Waals surface area contributed by atoms with E-state index in [1.165, 1.54) is 21.9 Å². The van der Waals surface area contributed by atoms with E-state index in [1.54, 1.807) is 19.1 Å². The predicted octanol–water partition coefficient (Wildman–Crippen LogP) is 1.62. The van der Waals surface area contributed by atoms with Gasteiger partial charge < -0.3 is 10.5 Å². The van der Waals surface area contributed by atoms with E-state index >= 15 is 0 Å². The molecule has 2 aromatic heterocycles. The van der Waals surface area contributed by atoms with Crippen molar-refractivity contribution in [1.29, 1.82) is 0 Å². The Kier molecular flexibility index (Phi) is 3.11. The van der Waals surface area contributed by atoms with E-state index in [2.05, 4.69) is 10.1 Å². The second-order valence-corrected chi connectivity index (χ2v) is 5.29. The fraction of sp³-hybridized carbons (Fsp3) is 0.154. The van der Waals surface area contributed by atoms with Gasteiger partial charge in [0.2, 0.25) is 4.96 Å². The Morgan fingerprint density at radius 2 is 2.20 bits per heavy atom. The van der Waals surface area contributed by atoms with Crippen molar-refractivity contribution in [2.45, 2.75) is 13.5 Å². The van der Waals surface area contributed by atoms with Crippen LogP contribution >= 0.6 is 11.3 Å². The molecule has 7 heteroatoms. The second kappa shape index (κ2) is 4.93. The first-order chi connectivity index (χ1) is 9.63. The number of aryl methyl sites for hydroxylation is 1. The van der Waals surface area contributed by atoms with Crippen LogP contribution in [0.25, 0.3) is 4.96 Å². The third kappa shape index (κ3) is 2.35. The van der Waals surface area contributed by atoms with E-state index in [0.717, 1.165) is 0 Å². The zero-order valence-corrected chi connectivity index (χ0v) is 11.6. The molecule has 0 unspecified atom stereocenters. The first-order valence-corrected chi connectivity index (χ1v) is 6.79. The number of anilines is 1. The van der Waals surface area contributed by atoms with Gasteiger partial charge in [0, 0.05) is 11.8 Å². The minimum Gasteiger partial charge on any atom is -0.484 e. The molecule has 0 saturated heterocycles. The number of aromatic nitrogens is 3. The van der Waals surface area contributed by atoms with Crippen LogP contribution in [0.3, 0.4) is 0 Å². The normalized spacial score (nSPS) is 10.8. The summed E-state index contributed by atoms with van der Waals surface area (Å²) < 4.78 is 6.88. The summed E-state index contributed by atoms with van der Waals surface area (Å²) in [6.45, 7) is 2.03. The molecule has 0 amide bonds. The van der Waals surface area contributed by atoms with Crippen molar-refractivity contribution in [3.63, 3.8) is 0 Å². The molecule has 0 bridgehead atoms. The molecule has 2 heterocycles. The van der Waals surface area contributed by atoms with Crippen LogP contribution in [0.15, 0.2) is 35.1 Å². The Labute approximate surface area is 118 Å². The molecular formula is C13H12N4O2S. The molecule has 0 radical (unpaired) electrons. The molecule has 3 aromatic rings. The Balaban J connectivity index is 1.87. The van der Waals surface area contributed by atoms with Gasteiger partial charge in [-0.05, 0) is 19.1 Å². The molecule has 102 valence electrons. The minimum absolute atomic E-state index is 0.186. The van der Waals surface area contributed by atoms with Crippen molar-refractivity contribution < 1.29 is 4.74 Å². The number of para-hydroxylation sites is 2. The van der Waals surface area contributed by atoms with E-state index in [0.29, 0.717) is 27.1 Å². The van der Waals surface area contributed by atoms with Crippen LogP contribution in [0.2, 0.25) is 0 Å². The summed E-state index contributed by atoms with van der Waals surface area (Å²) >= 11 is 1.33. The fourth-order valence-electron chi connectivity index (χ4n) is 1.77. The zero-order chi connectivity index (χ0) is 14.1. The Morgan fingerprint density at radius 1 is 1.40 bits per heavy atom. The topological polar surface area (TPSA) is 82.5 Å². The molecule has 2 N–H and O–H groups in total. The van der Waals surface area contributed by atoms with Gasteiger partial charge in [0.25, 0.3) is 5.56 Å². The quantitative estimate of drug-likeness (QED) is 0.740. The summed E-state index contributed by atoms with van der Waals surface area (Å²) in [5.74, 6) is 0.600. The number of fused-ring (bicyclic) bond motifs is 1. The lowest BCUT2D eigenvalue weighted by molar-refractivity contribution is 0.305. The molecule has 0 spiro atoms. The summed E-state index contributed by atoms with van der Waals surface area (Å²) in [5.41, 5.74) is 6.86. The highest BCUT2D eigenvalue weighted by atomic mass is 32.1. The van der Waals surface area contributed by atoms with Crippen LogP contribution in [0.1, 0.15) is 10.7 Å². The monoisotopic (exact) mass is 288 g/mol. The minimum atomic E-state index is -0.186.